The molecular formula is C20H19BrN2O2S. The highest BCUT2D eigenvalue weighted by Crippen LogP contribution is 2.28. The third kappa shape index (κ3) is 3.55. The second-order valence-electron chi connectivity index (χ2n) is 6.26. The zero-order chi connectivity index (χ0) is 18.7. The summed E-state index contributed by atoms with van der Waals surface area (Å²) in [6.07, 6.45) is 4.43. The van der Waals surface area contributed by atoms with Gasteiger partial charge in [-0.2, -0.15) is 5.26 Å². The van der Waals surface area contributed by atoms with Crippen LogP contribution in [0.3, 0.4) is 0 Å². The zero-order valence-corrected chi connectivity index (χ0v) is 16.8. The molecule has 2 aromatic carbocycles. The van der Waals surface area contributed by atoms with Crippen molar-refractivity contribution in [2.45, 2.75) is 31.1 Å². The van der Waals surface area contributed by atoms with Crippen molar-refractivity contribution >= 4 is 36.9 Å². The molecule has 26 heavy (non-hydrogen) atoms. The number of benzene rings is 2. The number of hydrogen-bond acceptors (Lipinski definition) is 3. The number of alkyl halides is 1. The monoisotopic (exact) mass is 430 g/mol. The van der Waals surface area contributed by atoms with Gasteiger partial charge in [-0.25, -0.2) is 12.4 Å². The summed E-state index contributed by atoms with van der Waals surface area (Å²) in [6.45, 7) is 1.92. The summed E-state index contributed by atoms with van der Waals surface area (Å²) in [6, 6.07) is 14.1. The number of aryl methyl sites for hydroxylation is 2. The van der Waals surface area contributed by atoms with Crippen LogP contribution in [-0.4, -0.2) is 17.7 Å². The van der Waals surface area contributed by atoms with Gasteiger partial charge in [-0.15, -0.1) is 0 Å². The topological polar surface area (TPSA) is 62.9 Å². The van der Waals surface area contributed by atoms with Gasteiger partial charge < -0.3 is 0 Å². The lowest BCUT2D eigenvalue weighted by atomic mass is 10.1. The standard InChI is InChI=1S/C20H19BrN2O2S/c1-15-5-8-18(9-6-15)26(24,25)23-14-17(4-2-3-11-21)19-12-16(13-22)7-10-20(19)23/h5-10,12,14H,2-4,11H2,1H3. The Kier molecular flexibility index (Phi) is 5.49. The molecule has 4 nitrogen and oxygen atoms in total. The fourth-order valence-electron chi connectivity index (χ4n) is 2.97. The molecule has 0 saturated heterocycles. The van der Waals surface area contributed by atoms with Crippen molar-refractivity contribution in [3.8, 4) is 6.07 Å². The van der Waals surface area contributed by atoms with E-state index in [0.29, 0.717) is 11.1 Å². The van der Waals surface area contributed by atoms with E-state index in [-0.39, 0.29) is 4.90 Å². The van der Waals surface area contributed by atoms with E-state index in [2.05, 4.69) is 22.0 Å². The molecular weight excluding hydrogens is 412 g/mol. The van der Waals surface area contributed by atoms with Crippen molar-refractivity contribution in [1.82, 2.24) is 3.97 Å². The van der Waals surface area contributed by atoms with Crippen LogP contribution in [0.15, 0.2) is 53.6 Å². The van der Waals surface area contributed by atoms with Gasteiger partial charge in [0, 0.05) is 16.9 Å². The fraction of sp³-hybridized carbons (Fsp3) is 0.250. The van der Waals surface area contributed by atoms with Gasteiger partial charge in [0.1, 0.15) is 0 Å². The summed E-state index contributed by atoms with van der Waals surface area (Å²) in [7, 11) is -3.69. The summed E-state index contributed by atoms with van der Waals surface area (Å²) >= 11 is 3.42. The van der Waals surface area contributed by atoms with Gasteiger partial charge in [0.05, 0.1) is 22.0 Å². The Hall–Kier alpha value is -2.10. The lowest BCUT2D eigenvalue weighted by Gasteiger charge is -2.08. The molecule has 0 N–H and O–H groups in total. The third-order valence-electron chi connectivity index (χ3n) is 4.39. The molecule has 6 heteroatoms. The van der Waals surface area contributed by atoms with E-state index >= 15 is 0 Å². The molecule has 0 aliphatic rings. The van der Waals surface area contributed by atoms with E-state index in [0.717, 1.165) is 41.1 Å². The number of nitriles is 1. The van der Waals surface area contributed by atoms with Gasteiger partial charge in [0.25, 0.3) is 10.0 Å². The lowest BCUT2D eigenvalue weighted by molar-refractivity contribution is 0.589. The van der Waals surface area contributed by atoms with E-state index in [9.17, 15) is 13.7 Å². The molecule has 3 aromatic rings. The van der Waals surface area contributed by atoms with Gasteiger partial charge in [0.15, 0.2) is 0 Å². The van der Waals surface area contributed by atoms with E-state index in [1.165, 1.54) is 3.97 Å². The highest BCUT2D eigenvalue weighted by atomic mass is 79.9. The average Bonchev–Trinajstić information content (AvgIpc) is 3.01. The molecule has 0 saturated carbocycles. The molecule has 3 rings (SSSR count). The Morgan fingerprint density at radius 2 is 1.85 bits per heavy atom. The fourth-order valence-corrected chi connectivity index (χ4v) is 4.76. The van der Waals surface area contributed by atoms with Crippen molar-refractivity contribution in [3.63, 3.8) is 0 Å². The van der Waals surface area contributed by atoms with Crippen molar-refractivity contribution < 1.29 is 8.42 Å². The van der Waals surface area contributed by atoms with Crippen LogP contribution in [0, 0.1) is 18.3 Å². The largest absolute Gasteiger partial charge is 0.268 e. The first-order valence-corrected chi connectivity index (χ1v) is 11.0. The van der Waals surface area contributed by atoms with Gasteiger partial charge in [0.2, 0.25) is 0 Å². The first kappa shape index (κ1) is 18.7. The minimum atomic E-state index is -3.69. The molecule has 1 aromatic heterocycles. The maximum Gasteiger partial charge on any atom is 0.268 e. The molecule has 0 fully saturated rings. The minimum Gasteiger partial charge on any atom is -0.241 e. The zero-order valence-electron chi connectivity index (χ0n) is 14.4. The third-order valence-corrected chi connectivity index (χ3v) is 6.64. The highest BCUT2D eigenvalue weighted by Gasteiger charge is 2.21. The van der Waals surface area contributed by atoms with Gasteiger partial charge in [-0.3, -0.25) is 0 Å². The number of nitrogens with zero attached hydrogens (tertiary/aromatic N) is 2. The Balaban J connectivity index is 2.16. The van der Waals surface area contributed by atoms with E-state index in [1.807, 2.05) is 6.92 Å². The van der Waals surface area contributed by atoms with E-state index < -0.39 is 10.0 Å². The molecule has 0 aliphatic carbocycles. The predicted molar refractivity (Wildman–Crippen MR) is 107 cm³/mol. The molecule has 0 bridgehead atoms. The van der Waals surface area contributed by atoms with Gasteiger partial charge >= 0.3 is 0 Å². The van der Waals surface area contributed by atoms with Crippen LogP contribution in [0.25, 0.3) is 10.9 Å². The number of hydrogen-bond donors (Lipinski definition) is 0. The van der Waals surface area contributed by atoms with Gasteiger partial charge in [-0.05, 0) is 62.1 Å². The number of unbranched alkanes of at least 4 members (excludes halogenated alkanes) is 1. The van der Waals surface area contributed by atoms with Crippen LogP contribution in [0.2, 0.25) is 0 Å². The Morgan fingerprint density at radius 3 is 2.50 bits per heavy atom. The summed E-state index contributed by atoms with van der Waals surface area (Å²) in [4.78, 5) is 0.261. The second-order valence-corrected chi connectivity index (χ2v) is 8.87. The smallest absolute Gasteiger partial charge is 0.241 e. The second kappa shape index (κ2) is 7.65. The number of aromatic nitrogens is 1. The summed E-state index contributed by atoms with van der Waals surface area (Å²) < 4.78 is 27.6. The maximum atomic E-state index is 13.1. The quantitative estimate of drug-likeness (QED) is 0.417. The van der Waals surface area contributed by atoms with Crippen molar-refractivity contribution in [3.05, 3.63) is 65.4 Å². The van der Waals surface area contributed by atoms with Crippen LogP contribution >= 0.6 is 15.9 Å². The van der Waals surface area contributed by atoms with Crippen LogP contribution in [0.5, 0.6) is 0 Å². The van der Waals surface area contributed by atoms with Crippen LogP contribution in [-0.2, 0) is 16.4 Å². The molecule has 0 spiro atoms. The van der Waals surface area contributed by atoms with E-state index in [1.54, 1.807) is 48.7 Å². The molecule has 1 heterocycles. The molecule has 0 aliphatic heterocycles. The molecule has 134 valence electrons. The van der Waals surface area contributed by atoms with Crippen molar-refractivity contribution in [1.29, 1.82) is 5.26 Å². The Morgan fingerprint density at radius 1 is 1.12 bits per heavy atom. The number of halogens is 1. The number of rotatable bonds is 6. The molecule has 0 atom stereocenters. The summed E-state index contributed by atoms with van der Waals surface area (Å²) in [5, 5.41) is 10.9. The average molecular weight is 431 g/mol. The van der Waals surface area contributed by atoms with Crippen LogP contribution in [0.4, 0.5) is 0 Å². The molecule has 0 unspecified atom stereocenters. The first-order valence-electron chi connectivity index (χ1n) is 8.39. The number of fused-ring (bicyclic) bond motifs is 1. The Labute approximate surface area is 162 Å². The minimum absolute atomic E-state index is 0.261. The predicted octanol–water partition coefficient (Wildman–Crippen LogP) is 4.78. The van der Waals surface area contributed by atoms with Crippen molar-refractivity contribution in [2.75, 3.05) is 5.33 Å². The van der Waals surface area contributed by atoms with Crippen molar-refractivity contribution in [2.24, 2.45) is 0 Å². The maximum absolute atomic E-state index is 13.1. The van der Waals surface area contributed by atoms with Crippen LogP contribution in [0.1, 0.15) is 29.5 Å². The lowest BCUT2D eigenvalue weighted by Crippen LogP contribution is -2.11. The Bertz CT molecular complexity index is 1080. The normalized spacial score (nSPS) is 11.6. The molecule has 0 amide bonds. The summed E-state index contributed by atoms with van der Waals surface area (Å²) in [5.74, 6) is 0. The highest BCUT2D eigenvalue weighted by molar-refractivity contribution is 9.09. The SMILES string of the molecule is Cc1ccc(S(=O)(=O)n2cc(CCCCBr)c3cc(C#N)ccc32)cc1. The first-order chi connectivity index (χ1) is 12.5. The summed E-state index contributed by atoms with van der Waals surface area (Å²) in [5.41, 5.74) is 3.10. The van der Waals surface area contributed by atoms with Gasteiger partial charge in [-0.1, -0.05) is 33.6 Å². The van der Waals surface area contributed by atoms with E-state index in [4.69, 9.17) is 0 Å². The van der Waals surface area contributed by atoms with Crippen LogP contribution < -0.4 is 0 Å². The molecule has 0 radical (unpaired) electrons.